The lowest BCUT2D eigenvalue weighted by molar-refractivity contribution is -0.130. The van der Waals surface area contributed by atoms with Crippen LogP contribution in [0.1, 0.15) is 24.8 Å². The summed E-state index contributed by atoms with van der Waals surface area (Å²) < 4.78 is 25.7. The molecule has 1 aromatic carbocycles. The van der Waals surface area contributed by atoms with Gasteiger partial charge in [-0.1, -0.05) is 6.07 Å². The van der Waals surface area contributed by atoms with Crippen LogP contribution < -0.4 is 5.73 Å². The summed E-state index contributed by atoms with van der Waals surface area (Å²) in [5.74, 6) is -1.59. The average Bonchev–Trinajstić information content (AvgIpc) is 2.80. The van der Waals surface area contributed by atoms with E-state index in [4.69, 9.17) is 5.73 Å². The van der Waals surface area contributed by atoms with Crippen molar-refractivity contribution in [2.45, 2.75) is 31.7 Å². The van der Waals surface area contributed by atoms with Crippen LogP contribution in [0.2, 0.25) is 0 Å². The van der Waals surface area contributed by atoms with Crippen LogP contribution in [0.25, 0.3) is 0 Å². The van der Waals surface area contributed by atoms with E-state index in [1.807, 2.05) is 0 Å². The summed E-state index contributed by atoms with van der Waals surface area (Å²) in [5, 5.41) is 0. The van der Waals surface area contributed by atoms with Gasteiger partial charge in [-0.2, -0.15) is 0 Å². The van der Waals surface area contributed by atoms with E-state index in [1.54, 1.807) is 11.0 Å². The molecular formula is C14H18F2N2O. The number of carbonyl (C=O) groups is 1. The van der Waals surface area contributed by atoms with E-state index in [9.17, 15) is 13.6 Å². The number of likely N-dealkylation sites (tertiary alicyclic amines) is 1. The van der Waals surface area contributed by atoms with Crippen LogP contribution in [0, 0.1) is 11.6 Å². The summed E-state index contributed by atoms with van der Waals surface area (Å²) in [7, 11) is 0. The fourth-order valence-electron chi connectivity index (χ4n) is 2.31. The molecule has 0 unspecified atom stereocenters. The molecule has 0 bridgehead atoms. The Morgan fingerprint density at radius 1 is 1.37 bits per heavy atom. The van der Waals surface area contributed by atoms with Gasteiger partial charge in [0.05, 0.1) is 0 Å². The standard InChI is InChI=1S/C14H18F2N2O/c15-12-5-4-10(8-13(12)16)2-1-3-14(19)18-7-6-11(17)9-18/h4-5,8,11H,1-3,6-7,9,17H2/t11-/m1/s1. The average molecular weight is 268 g/mol. The molecule has 0 saturated carbocycles. The molecule has 2 rings (SSSR count). The Morgan fingerprint density at radius 2 is 2.16 bits per heavy atom. The Hall–Kier alpha value is -1.49. The van der Waals surface area contributed by atoms with Crippen molar-refractivity contribution in [2.75, 3.05) is 13.1 Å². The molecule has 1 aromatic rings. The third kappa shape index (κ3) is 3.73. The van der Waals surface area contributed by atoms with Crippen LogP contribution >= 0.6 is 0 Å². The van der Waals surface area contributed by atoms with Gasteiger partial charge >= 0.3 is 0 Å². The molecule has 1 heterocycles. The molecule has 1 atom stereocenters. The van der Waals surface area contributed by atoms with E-state index in [2.05, 4.69) is 0 Å². The van der Waals surface area contributed by atoms with Crippen molar-refractivity contribution in [1.29, 1.82) is 0 Å². The predicted molar refractivity (Wildman–Crippen MR) is 68.5 cm³/mol. The molecule has 0 spiro atoms. The summed E-state index contributed by atoms with van der Waals surface area (Å²) in [5.41, 5.74) is 6.46. The van der Waals surface area contributed by atoms with Crippen LogP contribution in [-0.2, 0) is 11.2 Å². The number of carbonyl (C=O) groups excluding carboxylic acids is 1. The molecule has 1 fully saturated rings. The molecular weight excluding hydrogens is 250 g/mol. The SMILES string of the molecule is N[C@@H]1CCN(C(=O)CCCc2ccc(F)c(F)c2)C1. The summed E-state index contributed by atoms with van der Waals surface area (Å²) >= 11 is 0. The minimum Gasteiger partial charge on any atom is -0.341 e. The maximum absolute atomic E-state index is 13.0. The second kappa shape index (κ2) is 6.10. The largest absolute Gasteiger partial charge is 0.341 e. The Kier molecular flexibility index (Phi) is 4.47. The van der Waals surface area contributed by atoms with Crippen molar-refractivity contribution in [3.63, 3.8) is 0 Å². The molecule has 1 amide bonds. The van der Waals surface area contributed by atoms with Crippen LogP contribution in [0.15, 0.2) is 18.2 Å². The normalized spacial score (nSPS) is 18.9. The van der Waals surface area contributed by atoms with Crippen LogP contribution in [0.3, 0.4) is 0 Å². The number of nitrogens with two attached hydrogens (primary N) is 1. The molecule has 1 aliphatic rings. The summed E-state index contributed by atoms with van der Waals surface area (Å²) in [4.78, 5) is 13.6. The highest BCUT2D eigenvalue weighted by Crippen LogP contribution is 2.13. The zero-order valence-corrected chi connectivity index (χ0v) is 10.7. The third-order valence-electron chi connectivity index (χ3n) is 3.42. The van der Waals surface area contributed by atoms with Gasteiger partial charge in [-0.05, 0) is 37.0 Å². The molecule has 3 nitrogen and oxygen atoms in total. The van der Waals surface area contributed by atoms with E-state index in [1.165, 1.54) is 6.07 Å². The lowest BCUT2D eigenvalue weighted by Gasteiger charge is -2.15. The van der Waals surface area contributed by atoms with E-state index >= 15 is 0 Å². The van der Waals surface area contributed by atoms with Crippen molar-refractivity contribution < 1.29 is 13.6 Å². The number of hydrogen-bond acceptors (Lipinski definition) is 2. The van der Waals surface area contributed by atoms with E-state index < -0.39 is 11.6 Å². The molecule has 0 aromatic heterocycles. The lowest BCUT2D eigenvalue weighted by atomic mass is 10.1. The highest BCUT2D eigenvalue weighted by molar-refractivity contribution is 5.76. The number of rotatable bonds is 4. The predicted octanol–water partition coefficient (Wildman–Crippen LogP) is 1.85. The Bertz CT molecular complexity index is 465. The Balaban J connectivity index is 1.77. The van der Waals surface area contributed by atoms with Gasteiger partial charge in [0, 0.05) is 25.6 Å². The maximum Gasteiger partial charge on any atom is 0.222 e. The minimum atomic E-state index is -0.842. The number of halogens is 2. The van der Waals surface area contributed by atoms with Crippen LogP contribution in [0.5, 0.6) is 0 Å². The topological polar surface area (TPSA) is 46.3 Å². The van der Waals surface area contributed by atoms with Gasteiger partial charge in [-0.3, -0.25) is 4.79 Å². The molecule has 1 saturated heterocycles. The van der Waals surface area contributed by atoms with Crippen LogP contribution in [-0.4, -0.2) is 29.9 Å². The van der Waals surface area contributed by atoms with Crippen molar-refractivity contribution in [3.8, 4) is 0 Å². The highest BCUT2D eigenvalue weighted by Gasteiger charge is 2.22. The minimum absolute atomic E-state index is 0.0927. The van der Waals surface area contributed by atoms with Gasteiger partial charge in [0.2, 0.25) is 5.91 Å². The molecule has 5 heteroatoms. The first-order valence-corrected chi connectivity index (χ1v) is 6.53. The quantitative estimate of drug-likeness (QED) is 0.905. The Labute approximate surface area is 111 Å². The van der Waals surface area contributed by atoms with Crippen LogP contribution in [0.4, 0.5) is 8.78 Å². The van der Waals surface area contributed by atoms with Gasteiger partial charge < -0.3 is 10.6 Å². The second-order valence-electron chi connectivity index (χ2n) is 4.99. The lowest BCUT2D eigenvalue weighted by Crippen LogP contribution is -2.31. The van der Waals surface area contributed by atoms with E-state index in [-0.39, 0.29) is 11.9 Å². The van der Waals surface area contributed by atoms with Gasteiger partial charge in [0.1, 0.15) is 0 Å². The van der Waals surface area contributed by atoms with E-state index in [0.29, 0.717) is 31.4 Å². The number of hydrogen-bond donors (Lipinski definition) is 1. The van der Waals surface area contributed by atoms with Gasteiger partial charge in [0.15, 0.2) is 11.6 Å². The fourth-order valence-corrected chi connectivity index (χ4v) is 2.31. The fraction of sp³-hybridized carbons (Fsp3) is 0.500. The van der Waals surface area contributed by atoms with Gasteiger partial charge in [-0.15, -0.1) is 0 Å². The monoisotopic (exact) mass is 268 g/mol. The number of benzene rings is 1. The first-order valence-electron chi connectivity index (χ1n) is 6.53. The molecule has 0 radical (unpaired) electrons. The Morgan fingerprint density at radius 3 is 2.79 bits per heavy atom. The first-order chi connectivity index (χ1) is 9.06. The maximum atomic E-state index is 13.0. The number of aryl methyl sites for hydroxylation is 1. The summed E-state index contributed by atoms with van der Waals surface area (Å²) in [6, 6.07) is 3.95. The number of amides is 1. The van der Waals surface area contributed by atoms with Crippen molar-refractivity contribution in [1.82, 2.24) is 4.90 Å². The summed E-state index contributed by atoms with van der Waals surface area (Å²) in [6.45, 7) is 1.36. The zero-order valence-electron chi connectivity index (χ0n) is 10.7. The van der Waals surface area contributed by atoms with Gasteiger partial charge in [0.25, 0.3) is 0 Å². The first kappa shape index (κ1) is 13.9. The third-order valence-corrected chi connectivity index (χ3v) is 3.42. The van der Waals surface area contributed by atoms with Crippen molar-refractivity contribution >= 4 is 5.91 Å². The van der Waals surface area contributed by atoms with Crippen molar-refractivity contribution in [2.24, 2.45) is 5.73 Å². The zero-order chi connectivity index (χ0) is 13.8. The molecule has 19 heavy (non-hydrogen) atoms. The number of nitrogens with zero attached hydrogens (tertiary/aromatic N) is 1. The highest BCUT2D eigenvalue weighted by atomic mass is 19.2. The molecule has 0 aliphatic carbocycles. The second-order valence-corrected chi connectivity index (χ2v) is 4.99. The smallest absolute Gasteiger partial charge is 0.222 e. The van der Waals surface area contributed by atoms with E-state index in [0.717, 1.165) is 19.0 Å². The molecule has 2 N–H and O–H groups in total. The summed E-state index contributed by atoms with van der Waals surface area (Å²) in [6.07, 6.45) is 2.49. The van der Waals surface area contributed by atoms with Crippen molar-refractivity contribution in [3.05, 3.63) is 35.4 Å². The van der Waals surface area contributed by atoms with Gasteiger partial charge in [-0.25, -0.2) is 8.78 Å². The molecule has 104 valence electrons. The molecule has 1 aliphatic heterocycles.